The van der Waals surface area contributed by atoms with Crippen molar-refractivity contribution in [1.29, 1.82) is 0 Å². The molecule has 0 bridgehead atoms. The second-order valence-corrected chi connectivity index (χ2v) is 7.40. The van der Waals surface area contributed by atoms with Crippen molar-refractivity contribution in [3.8, 4) is 5.75 Å². The molecule has 3 rings (SSSR count). The van der Waals surface area contributed by atoms with Crippen LogP contribution in [0.15, 0.2) is 24.4 Å². The zero-order valence-electron chi connectivity index (χ0n) is 17.6. The minimum Gasteiger partial charge on any atom is -0.496 e. The summed E-state index contributed by atoms with van der Waals surface area (Å²) in [5.74, 6) is 1.61. The van der Waals surface area contributed by atoms with Gasteiger partial charge in [0.15, 0.2) is 5.82 Å². The summed E-state index contributed by atoms with van der Waals surface area (Å²) in [6.07, 6.45) is 4.43. The van der Waals surface area contributed by atoms with Crippen LogP contribution in [0.1, 0.15) is 51.2 Å². The van der Waals surface area contributed by atoms with Crippen LogP contribution < -0.4 is 15.8 Å². The number of rotatable bonds is 9. The van der Waals surface area contributed by atoms with E-state index in [2.05, 4.69) is 27.3 Å². The van der Waals surface area contributed by atoms with Gasteiger partial charge in [0.1, 0.15) is 16.8 Å². The molecule has 8 nitrogen and oxygen atoms in total. The second-order valence-electron chi connectivity index (χ2n) is 7.40. The van der Waals surface area contributed by atoms with Crippen LogP contribution in [-0.4, -0.2) is 38.5 Å². The molecule has 29 heavy (non-hydrogen) atoms. The molecular weight excluding hydrogens is 368 g/mol. The smallest absolute Gasteiger partial charge is 0.222 e. The number of unbranched alkanes of at least 4 members (excludes halogenated alkanes) is 1. The average Bonchev–Trinajstić information content (AvgIpc) is 3.10. The lowest BCUT2D eigenvalue weighted by Gasteiger charge is -2.23. The summed E-state index contributed by atoms with van der Waals surface area (Å²) in [6.45, 7) is 7.18. The van der Waals surface area contributed by atoms with E-state index in [4.69, 9.17) is 10.5 Å². The molecule has 0 fully saturated rings. The van der Waals surface area contributed by atoms with Gasteiger partial charge >= 0.3 is 0 Å². The normalized spacial score (nSPS) is 13.4. The van der Waals surface area contributed by atoms with Crippen LogP contribution in [0.4, 0.5) is 11.8 Å². The molecular formula is C21H30N6O2. The van der Waals surface area contributed by atoms with Crippen molar-refractivity contribution in [3.63, 3.8) is 0 Å². The van der Waals surface area contributed by atoms with Crippen LogP contribution in [0.5, 0.6) is 5.75 Å². The van der Waals surface area contributed by atoms with Crippen LogP contribution in [0.3, 0.4) is 0 Å². The zero-order chi connectivity index (χ0) is 21.0. The monoisotopic (exact) mass is 398 g/mol. The largest absolute Gasteiger partial charge is 0.496 e. The number of hydrogen-bond donors (Lipinski definition) is 3. The number of hydrogen-bond acceptors (Lipinski definition) is 7. The average molecular weight is 399 g/mol. The molecule has 0 radical (unpaired) electrons. The third kappa shape index (κ3) is 4.42. The Morgan fingerprint density at radius 3 is 2.76 bits per heavy atom. The van der Waals surface area contributed by atoms with Gasteiger partial charge in [0.2, 0.25) is 5.95 Å². The topological polar surface area (TPSA) is 111 Å². The first-order valence-corrected chi connectivity index (χ1v) is 10.0. The van der Waals surface area contributed by atoms with Gasteiger partial charge in [-0.25, -0.2) is 4.98 Å². The van der Waals surface area contributed by atoms with Crippen LogP contribution >= 0.6 is 0 Å². The van der Waals surface area contributed by atoms with Crippen molar-refractivity contribution in [1.82, 2.24) is 19.7 Å². The van der Waals surface area contributed by atoms with Gasteiger partial charge < -0.3 is 20.9 Å². The highest BCUT2D eigenvalue weighted by molar-refractivity contribution is 5.86. The summed E-state index contributed by atoms with van der Waals surface area (Å²) in [7, 11) is 1.63. The number of aliphatic hydroxyl groups is 1. The van der Waals surface area contributed by atoms with Crippen LogP contribution in [0.25, 0.3) is 11.0 Å². The van der Waals surface area contributed by atoms with Gasteiger partial charge in [-0.3, -0.25) is 4.68 Å². The molecule has 0 aliphatic carbocycles. The molecule has 8 heteroatoms. The number of anilines is 2. The molecule has 0 aliphatic heterocycles. The Morgan fingerprint density at radius 1 is 1.28 bits per heavy atom. The molecule has 0 saturated carbocycles. The first-order valence-electron chi connectivity index (χ1n) is 10.0. The fourth-order valence-corrected chi connectivity index (χ4v) is 3.22. The molecule has 2 aromatic heterocycles. The molecule has 4 N–H and O–H groups in total. The predicted molar refractivity (Wildman–Crippen MR) is 115 cm³/mol. The quantitative estimate of drug-likeness (QED) is 0.474. The maximum atomic E-state index is 10.6. The van der Waals surface area contributed by atoms with Crippen molar-refractivity contribution in [2.75, 3.05) is 24.7 Å². The van der Waals surface area contributed by atoms with Crippen molar-refractivity contribution >= 4 is 22.8 Å². The minimum atomic E-state index is -0.897. The van der Waals surface area contributed by atoms with Crippen molar-refractivity contribution in [2.45, 2.75) is 52.2 Å². The predicted octanol–water partition coefficient (Wildman–Crippen LogP) is 3.29. The number of ether oxygens (including phenoxy) is 1. The Labute approximate surface area is 171 Å². The third-order valence-corrected chi connectivity index (χ3v) is 5.25. The SMILES string of the molecule is CCCCNc1nc(N)nc2cnn(Cc3ccc(C(C)(O)CC)cc3OC)c12. The van der Waals surface area contributed by atoms with Gasteiger partial charge in [-0.15, -0.1) is 0 Å². The van der Waals surface area contributed by atoms with Gasteiger partial charge in [-0.1, -0.05) is 32.4 Å². The number of aromatic nitrogens is 4. The summed E-state index contributed by atoms with van der Waals surface area (Å²) in [6, 6.07) is 5.79. The highest BCUT2D eigenvalue weighted by Gasteiger charge is 2.22. The number of fused-ring (bicyclic) bond motifs is 1. The standard InChI is InChI=1S/C21H30N6O2/c1-5-7-10-23-19-18-16(25-20(22)26-19)12-24-27(18)13-14-8-9-15(11-17(14)29-4)21(3,28)6-2/h8-9,11-12,28H,5-7,10,13H2,1-4H3,(H3,22,23,25,26). The van der Waals surface area contributed by atoms with Gasteiger partial charge in [-0.2, -0.15) is 10.1 Å². The van der Waals surface area contributed by atoms with Crippen LogP contribution in [0.2, 0.25) is 0 Å². The minimum absolute atomic E-state index is 0.222. The van der Waals surface area contributed by atoms with E-state index >= 15 is 0 Å². The van der Waals surface area contributed by atoms with Gasteiger partial charge in [-0.05, 0) is 31.4 Å². The molecule has 1 unspecified atom stereocenters. The van der Waals surface area contributed by atoms with Crippen LogP contribution in [-0.2, 0) is 12.1 Å². The molecule has 0 aliphatic rings. The number of nitrogens with zero attached hydrogens (tertiary/aromatic N) is 4. The Bertz CT molecular complexity index is 983. The first kappa shape index (κ1) is 20.9. The molecule has 0 spiro atoms. The lowest BCUT2D eigenvalue weighted by Crippen LogP contribution is -2.19. The Balaban J connectivity index is 1.98. The summed E-state index contributed by atoms with van der Waals surface area (Å²) in [4.78, 5) is 8.68. The fourth-order valence-electron chi connectivity index (χ4n) is 3.22. The number of methoxy groups -OCH3 is 1. The van der Waals surface area contributed by atoms with E-state index in [0.29, 0.717) is 30.0 Å². The molecule has 1 atom stereocenters. The van der Waals surface area contributed by atoms with E-state index < -0.39 is 5.60 Å². The zero-order valence-corrected chi connectivity index (χ0v) is 17.6. The highest BCUT2D eigenvalue weighted by atomic mass is 16.5. The molecule has 0 saturated heterocycles. The van der Waals surface area contributed by atoms with Crippen molar-refractivity contribution in [2.24, 2.45) is 0 Å². The highest BCUT2D eigenvalue weighted by Crippen LogP contribution is 2.31. The lowest BCUT2D eigenvalue weighted by atomic mass is 9.92. The summed E-state index contributed by atoms with van der Waals surface area (Å²) < 4.78 is 7.44. The molecule has 3 aromatic rings. The number of nitrogens with one attached hydrogen (secondary N) is 1. The Hall–Kier alpha value is -2.87. The summed E-state index contributed by atoms with van der Waals surface area (Å²) in [5, 5.41) is 18.4. The maximum Gasteiger partial charge on any atom is 0.222 e. The van der Waals surface area contributed by atoms with E-state index in [1.807, 2.05) is 29.8 Å². The van der Waals surface area contributed by atoms with Crippen molar-refractivity contribution < 1.29 is 9.84 Å². The maximum absolute atomic E-state index is 10.6. The number of nitrogens with two attached hydrogens (primary N) is 1. The van der Waals surface area contributed by atoms with Gasteiger partial charge in [0.25, 0.3) is 0 Å². The van der Waals surface area contributed by atoms with E-state index in [1.165, 1.54) is 0 Å². The fraction of sp³-hybridized carbons (Fsp3) is 0.476. The lowest BCUT2D eigenvalue weighted by molar-refractivity contribution is 0.0528. The van der Waals surface area contributed by atoms with Gasteiger partial charge in [0, 0.05) is 12.1 Å². The second kappa shape index (κ2) is 8.65. The van der Waals surface area contributed by atoms with Crippen LogP contribution in [0, 0.1) is 0 Å². The van der Waals surface area contributed by atoms with Gasteiger partial charge in [0.05, 0.1) is 25.5 Å². The Kier molecular flexibility index (Phi) is 6.22. The van der Waals surface area contributed by atoms with E-state index in [-0.39, 0.29) is 5.95 Å². The van der Waals surface area contributed by atoms with E-state index in [9.17, 15) is 5.11 Å². The summed E-state index contributed by atoms with van der Waals surface area (Å²) >= 11 is 0. The molecule has 2 heterocycles. The first-order chi connectivity index (χ1) is 13.9. The van der Waals surface area contributed by atoms with E-state index in [1.54, 1.807) is 20.2 Å². The van der Waals surface area contributed by atoms with Crippen molar-refractivity contribution in [3.05, 3.63) is 35.5 Å². The Morgan fingerprint density at radius 2 is 2.07 bits per heavy atom. The molecule has 156 valence electrons. The molecule has 1 aromatic carbocycles. The third-order valence-electron chi connectivity index (χ3n) is 5.25. The summed E-state index contributed by atoms with van der Waals surface area (Å²) in [5.41, 5.74) is 8.24. The number of benzene rings is 1. The molecule has 0 amide bonds. The van der Waals surface area contributed by atoms with E-state index in [0.717, 1.165) is 36.0 Å². The number of nitrogen functional groups attached to an aromatic ring is 1.